The maximum absolute atomic E-state index is 5.88. The fraction of sp³-hybridized carbons (Fsp3) is 0.261. The van der Waals surface area contributed by atoms with Gasteiger partial charge in [-0.15, -0.1) is 0 Å². The molecule has 1 aromatic heterocycles. The molecule has 3 aromatic rings. The summed E-state index contributed by atoms with van der Waals surface area (Å²) in [6.07, 6.45) is 2.72. The second-order valence-electron chi connectivity index (χ2n) is 6.64. The lowest BCUT2D eigenvalue weighted by molar-refractivity contribution is -0.670. The molecule has 0 bridgehead atoms. The average Bonchev–Trinajstić information content (AvgIpc) is 2.77. The van der Waals surface area contributed by atoms with Crippen molar-refractivity contribution < 1.29 is 19.5 Å². The number of halogens is 1. The maximum atomic E-state index is 5.88. The number of nitrogens with zero attached hydrogens (tertiary/aromatic N) is 1. The van der Waals surface area contributed by atoms with E-state index >= 15 is 0 Å². The fourth-order valence-electron chi connectivity index (χ4n) is 2.94. The predicted molar refractivity (Wildman–Crippen MR) is 114 cm³/mol. The molecule has 2 aromatic carbocycles. The Labute approximate surface area is 176 Å². The molecule has 0 aliphatic carbocycles. The predicted octanol–water partition coefficient (Wildman–Crippen LogP) is 3.64. The third-order valence-corrected chi connectivity index (χ3v) is 4.81. The zero-order valence-electron chi connectivity index (χ0n) is 16.7. The second-order valence-corrected chi connectivity index (χ2v) is 7.03. The van der Waals surface area contributed by atoms with E-state index in [0.29, 0.717) is 17.5 Å². The highest BCUT2D eigenvalue weighted by molar-refractivity contribution is 6.29. The highest BCUT2D eigenvalue weighted by atomic mass is 35.5. The first-order valence-electron chi connectivity index (χ1n) is 9.52. The van der Waals surface area contributed by atoms with Crippen molar-refractivity contribution in [2.75, 3.05) is 20.8 Å². The smallest absolute Gasteiger partial charge is 0.161 e. The number of methoxy groups -OCH3 is 2. The molecule has 0 aliphatic heterocycles. The van der Waals surface area contributed by atoms with Gasteiger partial charge in [-0.3, -0.25) is 0 Å². The number of aromatic nitrogens is 1. The van der Waals surface area contributed by atoms with Crippen molar-refractivity contribution >= 4 is 11.6 Å². The van der Waals surface area contributed by atoms with Crippen LogP contribution in [0.3, 0.4) is 0 Å². The molecule has 0 unspecified atom stereocenters. The first kappa shape index (κ1) is 21.0. The second kappa shape index (κ2) is 10.7. The molecule has 0 fully saturated rings. The Balaban J connectivity index is 1.49. The molecular weight excluding hydrogens is 388 g/mol. The Bertz CT molecular complexity index is 899. The highest BCUT2D eigenvalue weighted by Crippen LogP contribution is 2.28. The van der Waals surface area contributed by atoms with E-state index < -0.39 is 0 Å². The molecule has 2 N–H and O–H groups in total. The molecule has 5 nitrogen and oxygen atoms in total. The molecule has 0 radical (unpaired) electrons. The van der Waals surface area contributed by atoms with Gasteiger partial charge in [-0.1, -0.05) is 29.8 Å². The van der Waals surface area contributed by atoms with E-state index in [1.807, 2.05) is 30.3 Å². The van der Waals surface area contributed by atoms with Gasteiger partial charge in [0.1, 0.15) is 24.1 Å². The van der Waals surface area contributed by atoms with Gasteiger partial charge in [-0.25, -0.2) is 4.98 Å². The highest BCUT2D eigenvalue weighted by Gasteiger charge is 2.08. The minimum atomic E-state index is 0.411. The molecule has 0 saturated carbocycles. The summed E-state index contributed by atoms with van der Waals surface area (Å²) < 4.78 is 16.6. The van der Waals surface area contributed by atoms with Crippen LogP contribution in [0.1, 0.15) is 16.7 Å². The number of ether oxygens (including phenoxy) is 3. The molecule has 152 valence electrons. The molecule has 1 heterocycles. The molecule has 0 aliphatic rings. The number of hydrogen-bond acceptors (Lipinski definition) is 4. The Morgan fingerprint density at radius 1 is 0.862 bits per heavy atom. The van der Waals surface area contributed by atoms with Crippen molar-refractivity contribution in [1.82, 2.24) is 4.98 Å². The topological polar surface area (TPSA) is 57.2 Å². The van der Waals surface area contributed by atoms with Crippen molar-refractivity contribution in [3.63, 3.8) is 0 Å². The van der Waals surface area contributed by atoms with Crippen LogP contribution in [0.25, 0.3) is 0 Å². The number of benzene rings is 2. The molecule has 3 rings (SSSR count). The van der Waals surface area contributed by atoms with Crippen LogP contribution in [0.5, 0.6) is 17.2 Å². The van der Waals surface area contributed by atoms with Crippen LogP contribution >= 0.6 is 11.6 Å². The summed E-state index contributed by atoms with van der Waals surface area (Å²) in [7, 11) is 3.34. The van der Waals surface area contributed by atoms with E-state index in [-0.39, 0.29) is 0 Å². The standard InChI is InChI=1S/C23H25ClN2O3/c1-27-20-7-3-17(4-8-20)11-12-25-14-18-5-9-21(22(13-18)28-2)29-16-19-6-10-23(24)26-15-19/h3-10,13,15,25H,11-12,14,16H2,1-2H3/p+1. The molecule has 0 atom stereocenters. The van der Waals surface area contributed by atoms with Crippen molar-refractivity contribution in [3.8, 4) is 17.2 Å². The van der Waals surface area contributed by atoms with Crippen molar-refractivity contribution in [1.29, 1.82) is 0 Å². The monoisotopic (exact) mass is 413 g/mol. The van der Waals surface area contributed by atoms with Gasteiger partial charge < -0.3 is 19.5 Å². The van der Waals surface area contributed by atoms with E-state index in [0.717, 1.165) is 36.6 Å². The van der Waals surface area contributed by atoms with Crippen LogP contribution in [0.2, 0.25) is 5.15 Å². The summed E-state index contributed by atoms with van der Waals surface area (Å²) in [6.45, 7) is 2.30. The lowest BCUT2D eigenvalue weighted by Gasteiger charge is -2.12. The van der Waals surface area contributed by atoms with E-state index in [2.05, 4.69) is 28.5 Å². The molecule has 0 amide bonds. The van der Waals surface area contributed by atoms with Crippen molar-refractivity contribution in [3.05, 3.63) is 82.6 Å². The van der Waals surface area contributed by atoms with Gasteiger partial charge >= 0.3 is 0 Å². The van der Waals surface area contributed by atoms with Crippen LogP contribution in [0.15, 0.2) is 60.8 Å². The largest absolute Gasteiger partial charge is 0.497 e. The molecule has 29 heavy (non-hydrogen) atoms. The first-order chi connectivity index (χ1) is 14.2. The van der Waals surface area contributed by atoms with Crippen molar-refractivity contribution in [2.45, 2.75) is 19.6 Å². The van der Waals surface area contributed by atoms with Gasteiger partial charge in [0.2, 0.25) is 0 Å². The minimum Gasteiger partial charge on any atom is -0.497 e. The van der Waals surface area contributed by atoms with Gasteiger partial charge in [0.25, 0.3) is 0 Å². The number of rotatable bonds is 10. The molecule has 0 saturated heterocycles. The fourth-order valence-corrected chi connectivity index (χ4v) is 3.05. The zero-order chi connectivity index (χ0) is 20.5. The lowest BCUT2D eigenvalue weighted by Crippen LogP contribution is -2.83. The maximum Gasteiger partial charge on any atom is 0.161 e. The van der Waals surface area contributed by atoms with Crippen LogP contribution < -0.4 is 19.5 Å². The Morgan fingerprint density at radius 3 is 2.31 bits per heavy atom. The van der Waals surface area contributed by atoms with Crippen LogP contribution in [0.4, 0.5) is 0 Å². The molecule has 6 heteroatoms. The SMILES string of the molecule is COc1ccc(CC[NH2+]Cc2ccc(OCc3ccc(Cl)nc3)c(OC)c2)cc1. The summed E-state index contributed by atoms with van der Waals surface area (Å²) >= 11 is 5.81. The Hall–Kier alpha value is -2.76. The van der Waals surface area contributed by atoms with Crippen molar-refractivity contribution in [2.24, 2.45) is 0 Å². The number of pyridine rings is 1. The molecular formula is C23H26ClN2O3+. The minimum absolute atomic E-state index is 0.411. The van der Waals surface area contributed by atoms with Gasteiger partial charge in [0, 0.05) is 23.7 Å². The molecule has 0 spiro atoms. The summed E-state index contributed by atoms with van der Waals surface area (Å²) in [6, 6.07) is 17.9. The van der Waals surface area contributed by atoms with E-state index in [1.165, 1.54) is 11.1 Å². The van der Waals surface area contributed by atoms with Gasteiger partial charge in [-0.2, -0.15) is 0 Å². The van der Waals surface area contributed by atoms with E-state index in [9.17, 15) is 0 Å². The lowest BCUT2D eigenvalue weighted by atomic mass is 10.1. The summed E-state index contributed by atoms with van der Waals surface area (Å²) in [5, 5.41) is 2.76. The van der Waals surface area contributed by atoms with Gasteiger partial charge in [-0.05, 0) is 42.0 Å². The van der Waals surface area contributed by atoms with E-state index in [1.54, 1.807) is 26.5 Å². The number of nitrogens with two attached hydrogens (primary N) is 1. The normalized spacial score (nSPS) is 10.6. The van der Waals surface area contributed by atoms with Gasteiger partial charge in [0.15, 0.2) is 11.5 Å². The third-order valence-electron chi connectivity index (χ3n) is 4.59. The summed E-state index contributed by atoms with van der Waals surface area (Å²) in [5.74, 6) is 2.33. The average molecular weight is 414 g/mol. The Kier molecular flexibility index (Phi) is 7.73. The van der Waals surface area contributed by atoms with E-state index in [4.69, 9.17) is 25.8 Å². The van der Waals surface area contributed by atoms with Crippen LogP contribution in [-0.2, 0) is 19.6 Å². The van der Waals surface area contributed by atoms with Crippen LogP contribution in [-0.4, -0.2) is 25.7 Å². The zero-order valence-corrected chi connectivity index (χ0v) is 17.5. The summed E-state index contributed by atoms with van der Waals surface area (Å²) in [4.78, 5) is 4.06. The third kappa shape index (κ3) is 6.38. The summed E-state index contributed by atoms with van der Waals surface area (Å²) in [5.41, 5.74) is 3.45. The van der Waals surface area contributed by atoms with Gasteiger partial charge in [0.05, 0.1) is 20.8 Å². The van der Waals surface area contributed by atoms with Crippen LogP contribution in [0, 0.1) is 0 Å². The number of hydrogen-bond donors (Lipinski definition) is 1. The quantitative estimate of drug-likeness (QED) is 0.407. The number of quaternary nitrogens is 1. The first-order valence-corrected chi connectivity index (χ1v) is 9.90. The Morgan fingerprint density at radius 2 is 1.62 bits per heavy atom.